The van der Waals surface area contributed by atoms with Crippen molar-refractivity contribution in [1.29, 1.82) is 0 Å². The summed E-state index contributed by atoms with van der Waals surface area (Å²) in [5.74, 6) is 0.814. The van der Waals surface area contributed by atoms with Gasteiger partial charge in [-0.15, -0.1) is 0 Å². The first kappa shape index (κ1) is 25.9. The number of hydrogen-bond acceptors (Lipinski definition) is 4. The molecule has 1 aromatic rings. The van der Waals surface area contributed by atoms with Gasteiger partial charge in [-0.2, -0.15) is 12.6 Å². The van der Waals surface area contributed by atoms with Crippen molar-refractivity contribution >= 4 is 18.6 Å². The first-order valence-electron chi connectivity index (χ1n) is 10.9. The zero-order valence-electron chi connectivity index (χ0n) is 19.8. The van der Waals surface area contributed by atoms with E-state index in [2.05, 4.69) is 68.0 Å². The van der Waals surface area contributed by atoms with Gasteiger partial charge in [0, 0.05) is 0 Å². The highest BCUT2D eigenvalue weighted by Gasteiger charge is 2.27. The van der Waals surface area contributed by atoms with E-state index >= 15 is 0 Å². The number of aromatic hydroxyl groups is 1. The number of ether oxygens (including phenoxy) is 1. The van der Waals surface area contributed by atoms with E-state index in [9.17, 15) is 9.90 Å². The lowest BCUT2D eigenvalue weighted by molar-refractivity contribution is -0.143. The Morgan fingerprint density at radius 2 is 1.52 bits per heavy atom. The maximum Gasteiger partial charge on any atom is 0.319 e. The van der Waals surface area contributed by atoms with E-state index in [0.717, 1.165) is 35.4 Å². The molecule has 0 aromatic heterocycles. The highest BCUT2D eigenvalue weighted by atomic mass is 32.1. The summed E-state index contributed by atoms with van der Waals surface area (Å²) in [6.07, 6.45) is 4.88. The molecule has 0 radical (unpaired) electrons. The maximum atomic E-state index is 12.4. The summed E-state index contributed by atoms with van der Waals surface area (Å²) in [4.78, 5) is 12.4. The van der Waals surface area contributed by atoms with E-state index < -0.39 is 5.25 Å². The molecular formula is C25H42O3S. The molecule has 0 aliphatic heterocycles. The quantitative estimate of drug-likeness (QED) is 0.268. The van der Waals surface area contributed by atoms with E-state index in [1.165, 1.54) is 12.8 Å². The molecule has 0 spiro atoms. The summed E-state index contributed by atoms with van der Waals surface area (Å²) >= 11 is 4.51. The molecule has 0 aliphatic rings. The van der Waals surface area contributed by atoms with Crippen molar-refractivity contribution in [1.82, 2.24) is 0 Å². The highest BCUT2D eigenvalue weighted by molar-refractivity contribution is 7.81. The van der Waals surface area contributed by atoms with Crippen LogP contribution in [0.1, 0.15) is 97.8 Å². The molecule has 0 fully saturated rings. The van der Waals surface area contributed by atoms with Crippen LogP contribution in [-0.2, 0) is 26.8 Å². The van der Waals surface area contributed by atoms with E-state index in [1.54, 1.807) is 0 Å². The second-order valence-corrected chi connectivity index (χ2v) is 11.3. The van der Waals surface area contributed by atoms with Crippen LogP contribution < -0.4 is 0 Å². The molecule has 4 heteroatoms. The van der Waals surface area contributed by atoms with Gasteiger partial charge in [-0.05, 0) is 46.3 Å². The summed E-state index contributed by atoms with van der Waals surface area (Å²) in [6, 6.07) is 4.01. The Labute approximate surface area is 184 Å². The number of phenols is 1. The smallest absolute Gasteiger partial charge is 0.319 e. The Morgan fingerprint density at radius 3 is 1.97 bits per heavy atom. The zero-order chi connectivity index (χ0) is 22.4. The number of unbranched alkanes of at least 4 members (excludes halogenated alkanes) is 2. The van der Waals surface area contributed by atoms with Crippen molar-refractivity contribution in [3.05, 3.63) is 28.8 Å². The second-order valence-electron chi connectivity index (χ2n) is 10.7. The summed E-state index contributed by atoms with van der Waals surface area (Å²) in [7, 11) is 0. The third-order valence-corrected chi connectivity index (χ3v) is 5.55. The van der Waals surface area contributed by atoms with Crippen LogP contribution in [0.15, 0.2) is 12.1 Å². The molecule has 3 nitrogen and oxygen atoms in total. The second kappa shape index (κ2) is 10.7. The monoisotopic (exact) mass is 422 g/mol. The number of rotatable bonds is 9. The number of carbonyl (C=O) groups is 1. The van der Waals surface area contributed by atoms with Gasteiger partial charge >= 0.3 is 5.97 Å². The third-order valence-electron chi connectivity index (χ3n) is 5.16. The Kier molecular flexibility index (Phi) is 9.59. The van der Waals surface area contributed by atoms with Crippen molar-refractivity contribution < 1.29 is 14.6 Å². The van der Waals surface area contributed by atoms with Crippen LogP contribution in [0.4, 0.5) is 0 Å². The standard InChI is InChI=1S/C25H42O3S/c1-17(2)12-10-9-11-13-28-23(27)21(29)16-18-14-19(24(3,4)5)22(26)20(15-18)25(6,7)8/h14-15,17,21,26,29H,9-13,16H2,1-8H3. The van der Waals surface area contributed by atoms with Crippen LogP contribution in [0.5, 0.6) is 5.75 Å². The van der Waals surface area contributed by atoms with E-state index in [1.807, 2.05) is 12.1 Å². The number of hydrogen-bond donors (Lipinski definition) is 2. The molecule has 1 N–H and O–H groups in total. The number of carbonyl (C=O) groups excluding carboxylic acids is 1. The van der Waals surface area contributed by atoms with Gasteiger partial charge in [0.2, 0.25) is 0 Å². The van der Waals surface area contributed by atoms with Gasteiger partial charge in [0.25, 0.3) is 0 Å². The van der Waals surface area contributed by atoms with Gasteiger partial charge in [0.05, 0.1) is 6.61 Å². The molecule has 1 unspecified atom stereocenters. The predicted molar refractivity (Wildman–Crippen MR) is 126 cm³/mol. The highest BCUT2D eigenvalue weighted by Crippen LogP contribution is 2.40. The van der Waals surface area contributed by atoms with Gasteiger partial charge in [-0.3, -0.25) is 4.79 Å². The third kappa shape index (κ3) is 8.62. The average molecular weight is 423 g/mol. The minimum Gasteiger partial charge on any atom is -0.507 e. The SMILES string of the molecule is CC(C)CCCCCOC(=O)C(S)Cc1cc(C(C)(C)C)c(O)c(C(C)(C)C)c1. The molecule has 29 heavy (non-hydrogen) atoms. The Hall–Kier alpha value is -1.16. The van der Waals surface area contributed by atoms with Gasteiger partial charge in [-0.25, -0.2) is 0 Å². The van der Waals surface area contributed by atoms with Crippen LogP contribution in [0, 0.1) is 5.92 Å². The van der Waals surface area contributed by atoms with E-state index in [-0.39, 0.29) is 16.8 Å². The summed E-state index contributed by atoms with van der Waals surface area (Å²) in [5, 5.41) is 10.3. The lowest BCUT2D eigenvalue weighted by Crippen LogP contribution is -2.22. The Bertz CT molecular complexity index is 631. The minimum atomic E-state index is -0.504. The lowest BCUT2D eigenvalue weighted by Gasteiger charge is -2.28. The molecule has 0 aliphatic carbocycles. The fraction of sp³-hybridized carbons (Fsp3) is 0.720. The van der Waals surface area contributed by atoms with Crippen LogP contribution in [0.2, 0.25) is 0 Å². The van der Waals surface area contributed by atoms with Gasteiger partial charge in [0.1, 0.15) is 11.0 Å². The number of phenolic OH excluding ortho intramolecular Hbond substituents is 1. The molecule has 0 amide bonds. The van der Waals surface area contributed by atoms with Gasteiger partial charge in [0.15, 0.2) is 0 Å². The number of esters is 1. The summed E-state index contributed by atoms with van der Waals surface area (Å²) in [6.45, 7) is 17.4. The largest absolute Gasteiger partial charge is 0.507 e. The molecule has 1 atom stereocenters. The summed E-state index contributed by atoms with van der Waals surface area (Å²) < 4.78 is 5.44. The van der Waals surface area contributed by atoms with Gasteiger partial charge < -0.3 is 9.84 Å². The van der Waals surface area contributed by atoms with Crippen LogP contribution >= 0.6 is 12.6 Å². The normalized spacial score (nSPS) is 13.6. The van der Waals surface area contributed by atoms with Crippen molar-refractivity contribution in [2.24, 2.45) is 5.92 Å². The minimum absolute atomic E-state index is 0.192. The van der Waals surface area contributed by atoms with Crippen LogP contribution in [-0.4, -0.2) is 22.9 Å². The van der Waals surface area contributed by atoms with Crippen molar-refractivity contribution in [2.45, 2.75) is 104 Å². The molecule has 166 valence electrons. The van der Waals surface area contributed by atoms with Crippen molar-refractivity contribution in [3.8, 4) is 5.75 Å². The molecule has 0 heterocycles. The molecule has 1 rings (SSSR count). The number of benzene rings is 1. The Morgan fingerprint density at radius 1 is 1.00 bits per heavy atom. The van der Waals surface area contributed by atoms with Crippen molar-refractivity contribution in [2.75, 3.05) is 6.61 Å². The first-order valence-corrected chi connectivity index (χ1v) is 11.5. The molecular weight excluding hydrogens is 380 g/mol. The average Bonchev–Trinajstić information content (AvgIpc) is 2.56. The van der Waals surface area contributed by atoms with E-state index in [4.69, 9.17) is 4.74 Å². The zero-order valence-corrected chi connectivity index (χ0v) is 20.7. The molecule has 0 saturated carbocycles. The summed E-state index contributed by atoms with van der Waals surface area (Å²) in [5.41, 5.74) is 2.43. The van der Waals surface area contributed by atoms with Crippen molar-refractivity contribution in [3.63, 3.8) is 0 Å². The molecule has 0 saturated heterocycles. The Balaban J connectivity index is 2.80. The number of thiol groups is 1. The molecule has 0 bridgehead atoms. The molecule has 1 aromatic carbocycles. The van der Waals surface area contributed by atoms with Crippen LogP contribution in [0.3, 0.4) is 0 Å². The first-order chi connectivity index (χ1) is 13.2. The predicted octanol–water partition coefficient (Wildman–Crippen LogP) is 6.59. The fourth-order valence-electron chi connectivity index (χ4n) is 3.36. The van der Waals surface area contributed by atoms with Crippen LogP contribution in [0.25, 0.3) is 0 Å². The maximum absolute atomic E-state index is 12.4. The topological polar surface area (TPSA) is 46.5 Å². The van der Waals surface area contributed by atoms with E-state index in [0.29, 0.717) is 18.8 Å². The fourth-order valence-corrected chi connectivity index (χ4v) is 3.65. The lowest BCUT2D eigenvalue weighted by atomic mass is 9.78. The van der Waals surface area contributed by atoms with Gasteiger partial charge in [-0.1, -0.05) is 86.8 Å².